The van der Waals surface area contributed by atoms with Gasteiger partial charge in [-0.25, -0.2) is 0 Å². The minimum atomic E-state index is -0.609. The summed E-state index contributed by atoms with van der Waals surface area (Å²) in [4.78, 5) is 15.5. The van der Waals surface area contributed by atoms with Crippen molar-refractivity contribution >= 4 is 6.09 Å². The zero-order chi connectivity index (χ0) is 15.5. The number of benzene rings is 1. The number of fused-ring (bicyclic) bond motifs is 1. The molecule has 0 saturated heterocycles. The predicted octanol–water partition coefficient (Wildman–Crippen LogP) is 4.00. The third-order valence-electron chi connectivity index (χ3n) is 3.25. The van der Waals surface area contributed by atoms with Gasteiger partial charge in [0.25, 0.3) is 0 Å². The first-order valence-corrected chi connectivity index (χ1v) is 7.29. The van der Waals surface area contributed by atoms with Gasteiger partial charge in [0, 0.05) is 13.0 Å². The highest BCUT2D eigenvalue weighted by molar-refractivity contribution is 5.79. The highest BCUT2D eigenvalue weighted by atomic mass is 16.6. The predicted molar refractivity (Wildman–Crippen MR) is 81.8 cm³/mol. The van der Waals surface area contributed by atoms with Crippen LogP contribution in [0, 0.1) is 6.07 Å². The number of hydrogen-bond acceptors (Lipinski definition) is 3. The minimum absolute atomic E-state index is 0.0152. The summed E-state index contributed by atoms with van der Waals surface area (Å²) >= 11 is 0. The van der Waals surface area contributed by atoms with E-state index in [0.717, 1.165) is 12.0 Å². The standard InChI is InChI=1S/C17H22NO3/c1-5-20-15-10-12-8-6-7-9-13(12)14(15)11-18-16(19)21-17(2,3)4/h6-9,14-15H,5,10H2,1-4H3/q+1/t14?,15-/m0/s1. The van der Waals surface area contributed by atoms with E-state index in [1.165, 1.54) is 5.56 Å². The quantitative estimate of drug-likeness (QED) is 0.825. The Bertz CT molecular complexity index is 578. The summed E-state index contributed by atoms with van der Waals surface area (Å²) in [5.41, 5.74) is 1.81. The first-order valence-electron chi connectivity index (χ1n) is 7.29. The maximum Gasteiger partial charge on any atom is 0.728 e. The summed E-state index contributed by atoms with van der Waals surface area (Å²) in [6.45, 7) is 8.03. The molecular formula is C17H22NO3+. The van der Waals surface area contributed by atoms with Crippen molar-refractivity contribution in [3.05, 3.63) is 40.2 Å². The second-order valence-corrected chi connectivity index (χ2v) is 6.10. The van der Waals surface area contributed by atoms with Crippen LogP contribution in [0.3, 0.4) is 0 Å². The Morgan fingerprint density at radius 1 is 1.38 bits per heavy atom. The molecule has 1 aromatic carbocycles. The lowest BCUT2D eigenvalue weighted by molar-refractivity contribution is 0.0623. The molecule has 1 amide bonds. The molecule has 1 aliphatic rings. The van der Waals surface area contributed by atoms with Crippen molar-refractivity contribution in [2.24, 2.45) is 0 Å². The molecule has 2 atom stereocenters. The molecule has 2 rings (SSSR count). The van der Waals surface area contributed by atoms with Gasteiger partial charge in [-0.1, -0.05) is 24.3 Å². The van der Waals surface area contributed by atoms with E-state index in [-0.39, 0.29) is 12.0 Å². The molecule has 112 valence electrons. The third-order valence-corrected chi connectivity index (χ3v) is 3.25. The molecule has 1 aromatic rings. The van der Waals surface area contributed by atoms with Crippen molar-refractivity contribution in [1.82, 2.24) is 0 Å². The Kier molecular flexibility index (Phi) is 4.64. The van der Waals surface area contributed by atoms with E-state index < -0.39 is 11.7 Å². The molecule has 21 heavy (non-hydrogen) atoms. The molecule has 1 unspecified atom stereocenters. The molecule has 4 heteroatoms. The highest BCUT2D eigenvalue weighted by Crippen LogP contribution is 2.34. The van der Waals surface area contributed by atoms with Crippen LogP contribution in [0.4, 0.5) is 4.79 Å². The lowest BCUT2D eigenvalue weighted by Gasteiger charge is -2.13. The normalized spacial score (nSPS) is 20.4. The average Bonchev–Trinajstić information content (AvgIpc) is 2.72. The van der Waals surface area contributed by atoms with Gasteiger partial charge in [0.2, 0.25) is 0 Å². The molecule has 0 spiro atoms. The first-order chi connectivity index (χ1) is 9.90. The fourth-order valence-corrected chi connectivity index (χ4v) is 2.49. The van der Waals surface area contributed by atoms with Crippen LogP contribution in [0.5, 0.6) is 0 Å². The summed E-state index contributed by atoms with van der Waals surface area (Å²) in [5.74, 6) is -0.117. The average molecular weight is 288 g/mol. The molecule has 1 aliphatic carbocycles. The summed E-state index contributed by atoms with van der Waals surface area (Å²) in [6.07, 6.45) is 0.201. The Balaban J connectivity index is 2.18. The Hall–Kier alpha value is -1.86. The van der Waals surface area contributed by atoms with Crippen LogP contribution in [-0.4, -0.2) is 24.4 Å². The van der Waals surface area contributed by atoms with Crippen molar-refractivity contribution in [3.63, 3.8) is 0 Å². The van der Waals surface area contributed by atoms with Crippen LogP contribution in [0.2, 0.25) is 0 Å². The Labute approximate surface area is 125 Å². The van der Waals surface area contributed by atoms with Gasteiger partial charge in [0.1, 0.15) is 11.5 Å². The van der Waals surface area contributed by atoms with E-state index in [0.29, 0.717) is 6.61 Å². The van der Waals surface area contributed by atoms with Crippen LogP contribution < -0.4 is 0 Å². The van der Waals surface area contributed by atoms with Crippen molar-refractivity contribution in [3.8, 4) is 6.07 Å². The van der Waals surface area contributed by atoms with E-state index >= 15 is 0 Å². The zero-order valence-electron chi connectivity index (χ0n) is 13.1. The van der Waals surface area contributed by atoms with Gasteiger partial charge in [0.15, 0.2) is 0 Å². The molecule has 0 fully saturated rings. The van der Waals surface area contributed by atoms with Gasteiger partial charge in [0.05, 0.1) is 10.9 Å². The SMILES string of the molecule is CCO[C@H]1Cc2ccccc2C1C#[N+]C(=O)OC(C)(C)C. The van der Waals surface area contributed by atoms with Crippen molar-refractivity contribution < 1.29 is 14.3 Å². The number of rotatable bonds is 2. The third kappa shape index (κ3) is 4.05. The van der Waals surface area contributed by atoms with Crippen molar-refractivity contribution in [1.29, 1.82) is 0 Å². The molecule has 0 radical (unpaired) electrons. The van der Waals surface area contributed by atoms with Crippen LogP contribution >= 0.6 is 0 Å². The second kappa shape index (κ2) is 6.28. The fourth-order valence-electron chi connectivity index (χ4n) is 2.49. The number of carbonyl (C=O) groups is 1. The molecule has 4 nitrogen and oxygen atoms in total. The van der Waals surface area contributed by atoms with E-state index in [4.69, 9.17) is 9.47 Å². The maximum atomic E-state index is 11.7. The number of nitrogens with zero attached hydrogens (tertiary/aromatic N) is 1. The summed E-state index contributed by atoms with van der Waals surface area (Å²) < 4.78 is 10.9. The fraction of sp³-hybridized carbons (Fsp3) is 0.529. The van der Waals surface area contributed by atoms with Crippen LogP contribution in [0.1, 0.15) is 44.7 Å². The Morgan fingerprint density at radius 3 is 2.76 bits per heavy atom. The molecular weight excluding hydrogens is 266 g/mol. The van der Waals surface area contributed by atoms with Crippen molar-refractivity contribution in [2.75, 3.05) is 6.61 Å². The topological polar surface area (TPSA) is 39.9 Å². The maximum absolute atomic E-state index is 11.7. The molecule has 0 aromatic heterocycles. The van der Waals surface area contributed by atoms with Gasteiger partial charge < -0.3 is 9.47 Å². The van der Waals surface area contributed by atoms with Gasteiger partial charge in [-0.15, -0.1) is 0 Å². The summed E-state index contributed by atoms with van der Waals surface area (Å²) in [6, 6.07) is 11.0. The van der Waals surface area contributed by atoms with Gasteiger partial charge >= 0.3 is 12.2 Å². The van der Waals surface area contributed by atoms with Gasteiger partial charge in [-0.2, -0.15) is 4.79 Å². The smallest absolute Gasteiger partial charge is 0.392 e. The van der Waals surface area contributed by atoms with E-state index in [1.54, 1.807) is 0 Å². The largest absolute Gasteiger partial charge is 0.728 e. The van der Waals surface area contributed by atoms with E-state index in [9.17, 15) is 4.79 Å². The van der Waals surface area contributed by atoms with E-state index in [1.807, 2.05) is 45.9 Å². The Morgan fingerprint density at radius 2 is 2.10 bits per heavy atom. The first kappa shape index (κ1) is 15.5. The van der Waals surface area contributed by atoms with Gasteiger partial charge in [-0.05, 0) is 38.8 Å². The zero-order valence-corrected chi connectivity index (χ0v) is 13.1. The molecule has 0 bridgehead atoms. The monoisotopic (exact) mass is 288 g/mol. The van der Waals surface area contributed by atoms with Crippen LogP contribution in [0.15, 0.2) is 24.3 Å². The second-order valence-electron chi connectivity index (χ2n) is 6.10. The van der Waals surface area contributed by atoms with Crippen LogP contribution in [0.25, 0.3) is 4.85 Å². The van der Waals surface area contributed by atoms with Crippen molar-refractivity contribution in [2.45, 2.75) is 51.7 Å². The van der Waals surface area contributed by atoms with Gasteiger partial charge in [-0.3, -0.25) is 0 Å². The number of hydrogen-bond donors (Lipinski definition) is 0. The molecule has 0 heterocycles. The summed E-state index contributed by atoms with van der Waals surface area (Å²) in [5, 5.41) is 0. The number of carbonyl (C=O) groups excluding carboxylic acids is 1. The lowest BCUT2D eigenvalue weighted by Crippen LogP contribution is -2.21. The number of amides is 1. The van der Waals surface area contributed by atoms with Crippen LogP contribution in [-0.2, 0) is 15.9 Å². The summed E-state index contributed by atoms with van der Waals surface area (Å²) in [7, 11) is 0. The molecule has 0 N–H and O–H groups in total. The highest BCUT2D eigenvalue weighted by Gasteiger charge is 2.36. The minimum Gasteiger partial charge on any atom is -0.392 e. The molecule has 0 saturated carbocycles. The van der Waals surface area contributed by atoms with E-state index in [2.05, 4.69) is 17.0 Å². The number of ether oxygens (including phenoxy) is 2. The molecule has 0 aliphatic heterocycles. The lowest BCUT2D eigenvalue weighted by atomic mass is 10.0.